The topological polar surface area (TPSA) is 98.7 Å². The van der Waals surface area contributed by atoms with Gasteiger partial charge in [0.25, 0.3) is 5.91 Å². The molecule has 4 rings (SSSR count). The number of benzene rings is 2. The van der Waals surface area contributed by atoms with E-state index < -0.39 is 5.97 Å². The van der Waals surface area contributed by atoms with Gasteiger partial charge in [0.1, 0.15) is 11.4 Å². The van der Waals surface area contributed by atoms with Crippen LogP contribution in [0.2, 0.25) is 0 Å². The van der Waals surface area contributed by atoms with Gasteiger partial charge in [-0.2, -0.15) is 10.2 Å². The molecule has 0 bridgehead atoms. The number of hydrazone groups is 1. The van der Waals surface area contributed by atoms with E-state index in [-0.39, 0.29) is 11.7 Å². The minimum absolute atomic E-state index is 0.123. The molecule has 0 aliphatic carbocycles. The SMILES string of the molecule is O=C(Oc1ccc(C=NNC(=O)c2ccnn2Cc2cccc(Br)c2)cc1)c1ccco1. The quantitative estimate of drug-likeness (QED) is 0.180. The van der Waals surface area contributed by atoms with Gasteiger partial charge < -0.3 is 9.15 Å². The first kappa shape index (κ1) is 21.3. The Kier molecular flexibility index (Phi) is 6.57. The molecule has 4 aromatic rings. The normalized spacial score (nSPS) is 10.9. The zero-order chi connectivity index (χ0) is 22.3. The molecule has 0 atom stereocenters. The molecule has 1 amide bonds. The Morgan fingerprint density at radius 2 is 1.97 bits per heavy atom. The number of halogens is 1. The van der Waals surface area contributed by atoms with Gasteiger partial charge in [0.2, 0.25) is 5.76 Å². The minimum atomic E-state index is -0.580. The lowest BCUT2D eigenvalue weighted by Gasteiger charge is -2.07. The molecule has 160 valence electrons. The molecular weight excluding hydrogens is 476 g/mol. The van der Waals surface area contributed by atoms with Crippen LogP contribution in [0.3, 0.4) is 0 Å². The Bertz CT molecular complexity index is 1250. The van der Waals surface area contributed by atoms with Gasteiger partial charge in [0.05, 0.1) is 19.0 Å². The fourth-order valence-corrected chi connectivity index (χ4v) is 3.30. The molecule has 0 fully saturated rings. The van der Waals surface area contributed by atoms with Crippen LogP contribution in [0.15, 0.2) is 93.2 Å². The van der Waals surface area contributed by atoms with Crippen molar-refractivity contribution in [1.29, 1.82) is 0 Å². The summed E-state index contributed by atoms with van der Waals surface area (Å²) in [6.07, 6.45) is 4.46. The third-order valence-corrected chi connectivity index (χ3v) is 4.86. The molecule has 0 saturated heterocycles. The van der Waals surface area contributed by atoms with E-state index in [2.05, 4.69) is 31.6 Å². The van der Waals surface area contributed by atoms with Gasteiger partial charge in [0.15, 0.2) is 0 Å². The second-order valence-electron chi connectivity index (χ2n) is 6.64. The highest BCUT2D eigenvalue weighted by Gasteiger charge is 2.12. The number of amides is 1. The number of ether oxygens (including phenoxy) is 1. The number of nitrogens with zero attached hydrogens (tertiary/aromatic N) is 3. The molecule has 0 aliphatic rings. The molecule has 0 unspecified atom stereocenters. The molecular formula is C23H17BrN4O4. The van der Waals surface area contributed by atoms with E-state index >= 15 is 0 Å². The number of esters is 1. The van der Waals surface area contributed by atoms with Crippen molar-refractivity contribution in [3.05, 3.63) is 106 Å². The number of rotatable bonds is 7. The molecule has 1 N–H and O–H groups in total. The number of nitrogens with one attached hydrogen (secondary N) is 1. The molecule has 32 heavy (non-hydrogen) atoms. The van der Waals surface area contributed by atoms with Crippen LogP contribution in [0.25, 0.3) is 0 Å². The van der Waals surface area contributed by atoms with Gasteiger partial charge >= 0.3 is 5.97 Å². The Balaban J connectivity index is 1.34. The summed E-state index contributed by atoms with van der Waals surface area (Å²) < 4.78 is 12.8. The molecule has 0 saturated carbocycles. The standard InChI is InChI=1S/C23H17BrN4O4/c24-18-4-1-3-17(13-18)15-28-20(10-11-26-28)22(29)27-25-14-16-6-8-19(9-7-16)32-23(30)21-5-2-12-31-21/h1-14H,15H2,(H,27,29). The van der Waals surface area contributed by atoms with Crippen LogP contribution in [0.1, 0.15) is 32.2 Å². The third kappa shape index (κ3) is 5.38. The summed E-state index contributed by atoms with van der Waals surface area (Å²) in [5.41, 5.74) is 4.61. The maximum absolute atomic E-state index is 12.5. The van der Waals surface area contributed by atoms with Crippen molar-refractivity contribution in [3.63, 3.8) is 0 Å². The van der Waals surface area contributed by atoms with Gasteiger partial charge in [-0.1, -0.05) is 28.1 Å². The number of hydrogen-bond donors (Lipinski definition) is 1. The first-order valence-corrected chi connectivity index (χ1v) is 10.3. The third-order valence-electron chi connectivity index (χ3n) is 4.36. The molecule has 2 aromatic carbocycles. The maximum Gasteiger partial charge on any atom is 0.379 e. The summed E-state index contributed by atoms with van der Waals surface area (Å²) in [4.78, 5) is 24.4. The van der Waals surface area contributed by atoms with E-state index in [9.17, 15) is 9.59 Å². The number of carbonyl (C=O) groups excluding carboxylic acids is 2. The highest BCUT2D eigenvalue weighted by atomic mass is 79.9. The van der Waals surface area contributed by atoms with Crippen molar-refractivity contribution in [2.45, 2.75) is 6.54 Å². The van der Waals surface area contributed by atoms with Crippen molar-refractivity contribution in [1.82, 2.24) is 15.2 Å². The summed E-state index contributed by atoms with van der Waals surface area (Å²) in [6, 6.07) is 19.2. The van der Waals surface area contributed by atoms with Crippen LogP contribution >= 0.6 is 15.9 Å². The van der Waals surface area contributed by atoms with Crippen LogP contribution in [0.4, 0.5) is 0 Å². The molecule has 8 nitrogen and oxygen atoms in total. The Morgan fingerprint density at radius 3 is 2.72 bits per heavy atom. The fourth-order valence-electron chi connectivity index (χ4n) is 2.86. The summed E-state index contributed by atoms with van der Waals surface area (Å²) >= 11 is 3.44. The number of furan rings is 1. The van der Waals surface area contributed by atoms with Crippen LogP contribution < -0.4 is 10.2 Å². The van der Waals surface area contributed by atoms with E-state index in [1.54, 1.807) is 47.3 Å². The van der Waals surface area contributed by atoms with E-state index in [4.69, 9.17) is 9.15 Å². The van der Waals surface area contributed by atoms with E-state index in [1.807, 2.05) is 24.3 Å². The predicted molar refractivity (Wildman–Crippen MR) is 121 cm³/mol. The smallest absolute Gasteiger partial charge is 0.379 e. The summed E-state index contributed by atoms with van der Waals surface area (Å²) in [7, 11) is 0. The zero-order valence-corrected chi connectivity index (χ0v) is 18.2. The summed E-state index contributed by atoms with van der Waals surface area (Å²) in [6.45, 7) is 0.455. The minimum Gasteiger partial charge on any atom is -0.457 e. The van der Waals surface area contributed by atoms with E-state index in [0.29, 0.717) is 23.6 Å². The lowest BCUT2D eigenvalue weighted by atomic mass is 10.2. The van der Waals surface area contributed by atoms with Gasteiger partial charge in [-0.05, 0) is 65.7 Å². The molecule has 2 heterocycles. The molecule has 0 aliphatic heterocycles. The highest BCUT2D eigenvalue weighted by Crippen LogP contribution is 2.15. The van der Waals surface area contributed by atoms with Crippen LogP contribution in [-0.2, 0) is 6.54 Å². The van der Waals surface area contributed by atoms with Crippen molar-refractivity contribution in [3.8, 4) is 5.75 Å². The van der Waals surface area contributed by atoms with E-state index in [1.165, 1.54) is 18.5 Å². The molecule has 2 aromatic heterocycles. The van der Waals surface area contributed by atoms with Gasteiger partial charge in [0, 0.05) is 10.7 Å². The average molecular weight is 493 g/mol. The Labute approximate surface area is 191 Å². The van der Waals surface area contributed by atoms with Crippen molar-refractivity contribution in [2.24, 2.45) is 5.10 Å². The first-order valence-electron chi connectivity index (χ1n) is 9.54. The number of aromatic nitrogens is 2. The fraction of sp³-hybridized carbons (Fsp3) is 0.0435. The maximum atomic E-state index is 12.5. The van der Waals surface area contributed by atoms with Gasteiger partial charge in [-0.15, -0.1) is 0 Å². The highest BCUT2D eigenvalue weighted by molar-refractivity contribution is 9.10. The Morgan fingerprint density at radius 1 is 1.12 bits per heavy atom. The van der Waals surface area contributed by atoms with Gasteiger partial charge in [-0.25, -0.2) is 10.2 Å². The van der Waals surface area contributed by atoms with Crippen molar-refractivity contribution < 1.29 is 18.7 Å². The predicted octanol–water partition coefficient (Wildman–Crippen LogP) is 4.27. The van der Waals surface area contributed by atoms with Crippen LogP contribution in [0, 0.1) is 0 Å². The molecule has 0 radical (unpaired) electrons. The second-order valence-corrected chi connectivity index (χ2v) is 7.55. The average Bonchev–Trinajstić information content (AvgIpc) is 3.47. The number of carbonyl (C=O) groups is 2. The van der Waals surface area contributed by atoms with Crippen LogP contribution in [0.5, 0.6) is 5.75 Å². The largest absolute Gasteiger partial charge is 0.457 e. The lowest BCUT2D eigenvalue weighted by Crippen LogP contribution is -2.22. The summed E-state index contributed by atoms with van der Waals surface area (Å²) in [5.74, 6) is -0.470. The molecule has 0 spiro atoms. The van der Waals surface area contributed by atoms with Crippen LogP contribution in [-0.4, -0.2) is 27.9 Å². The summed E-state index contributed by atoms with van der Waals surface area (Å²) in [5, 5.41) is 8.22. The van der Waals surface area contributed by atoms with E-state index in [0.717, 1.165) is 10.0 Å². The Hall–Kier alpha value is -3.98. The number of hydrogen-bond acceptors (Lipinski definition) is 6. The van der Waals surface area contributed by atoms with Crippen molar-refractivity contribution in [2.75, 3.05) is 0 Å². The first-order chi connectivity index (χ1) is 15.6. The monoisotopic (exact) mass is 492 g/mol. The van der Waals surface area contributed by atoms with Crippen molar-refractivity contribution >= 4 is 34.0 Å². The second kappa shape index (κ2) is 9.88. The molecule has 9 heteroatoms. The van der Waals surface area contributed by atoms with Gasteiger partial charge in [-0.3, -0.25) is 9.48 Å². The zero-order valence-electron chi connectivity index (χ0n) is 16.6. The lowest BCUT2D eigenvalue weighted by molar-refractivity contribution is 0.0701.